The molecule has 2 aromatic rings. The highest BCUT2D eigenvalue weighted by atomic mass is 32.2. The third kappa shape index (κ3) is 5.78. The molecule has 204 valence electrons. The van der Waals surface area contributed by atoms with E-state index in [1.807, 2.05) is 4.90 Å². The van der Waals surface area contributed by atoms with Crippen LogP contribution >= 0.6 is 12.2 Å². The summed E-state index contributed by atoms with van der Waals surface area (Å²) in [5.74, 6) is -0.396. The first-order chi connectivity index (χ1) is 17.8. The Bertz CT molecular complexity index is 1340. The minimum absolute atomic E-state index is 0.0855. The van der Waals surface area contributed by atoms with Crippen LogP contribution in [0.25, 0.3) is 0 Å². The van der Waals surface area contributed by atoms with Gasteiger partial charge in [0.1, 0.15) is 5.82 Å². The van der Waals surface area contributed by atoms with Crippen molar-refractivity contribution >= 4 is 38.5 Å². The van der Waals surface area contributed by atoms with Gasteiger partial charge in [-0.1, -0.05) is 36.5 Å². The molecular formula is C26H27F4N3O3S2. The molecular weight excluding hydrogens is 542 g/mol. The minimum Gasteiger partial charge on any atom is -0.383 e. The fourth-order valence-corrected chi connectivity index (χ4v) is 6.47. The molecule has 1 unspecified atom stereocenters. The average Bonchev–Trinajstić information content (AvgIpc) is 2.88. The molecule has 0 bridgehead atoms. The van der Waals surface area contributed by atoms with Crippen molar-refractivity contribution < 1.29 is 31.1 Å². The van der Waals surface area contributed by atoms with E-state index in [2.05, 4.69) is 5.32 Å². The van der Waals surface area contributed by atoms with Gasteiger partial charge in [-0.05, 0) is 55.0 Å². The summed E-state index contributed by atoms with van der Waals surface area (Å²) in [7, 11) is -3.86. The molecule has 0 aromatic heterocycles. The van der Waals surface area contributed by atoms with Gasteiger partial charge in [0, 0.05) is 48.8 Å². The van der Waals surface area contributed by atoms with Crippen LogP contribution in [0.2, 0.25) is 0 Å². The molecule has 1 aliphatic carbocycles. The monoisotopic (exact) mass is 569 g/mol. The molecule has 38 heavy (non-hydrogen) atoms. The third-order valence-electron chi connectivity index (χ3n) is 6.72. The topological polar surface area (TPSA) is 72.9 Å². The Morgan fingerprint density at radius 2 is 1.74 bits per heavy atom. The Balaban J connectivity index is 1.60. The van der Waals surface area contributed by atoms with Crippen LogP contribution in [0.15, 0.2) is 71.7 Å². The van der Waals surface area contributed by atoms with Crippen LogP contribution in [0.5, 0.6) is 0 Å². The highest BCUT2D eigenvalue weighted by Crippen LogP contribution is 2.39. The highest BCUT2D eigenvalue weighted by molar-refractivity contribution is 7.96. The fourth-order valence-electron chi connectivity index (χ4n) is 4.40. The van der Waals surface area contributed by atoms with E-state index in [0.29, 0.717) is 29.6 Å². The van der Waals surface area contributed by atoms with Gasteiger partial charge in [0.15, 0.2) is 5.60 Å². The Labute approximate surface area is 224 Å². The summed E-state index contributed by atoms with van der Waals surface area (Å²) < 4.78 is 81.4. The molecule has 0 spiro atoms. The van der Waals surface area contributed by atoms with Gasteiger partial charge in [-0.3, -0.25) is 0 Å². The molecule has 6 nitrogen and oxygen atoms in total. The van der Waals surface area contributed by atoms with E-state index >= 15 is 0 Å². The molecule has 1 heterocycles. The lowest BCUT2D eigenvalue weighted by atomic mass is 9.95. The van der Waals surface area contributed by atoms with Gasteiger partial charge in [-0.25, -0.2) is 12.8 Å². The maximum absolute atomic E-state index is 13.4. The molecule has 2 aliphatic rings. The van der Waals surface area contributed by atoms with E-state index in [1.165, 1.54) is 46.8 Å². The van der Waals surface area contributed by atoms with Gasteiger partial charge >= 0.3 is 6.18 Å². The van der Waals surface area contributed by atoms with E-state index in [1.54, 1.807) is 24.3 Å². The van der Waals surface area contributed by atoms with Crippen LogP contribution in [0.4, 0.5) is 28.9 Å². The quantitative estimate of drug-likeness (QED) is 0.371. The number of nitrogens with one attached hydrogen (secondary N) is 1. The number of allylic oxidation sites excluding steroid dienone is 4. The summed E-state index contributed by atoms with van der Waals surface area (Å²) in [5, 5.41) is 13.2. The number of aliphatic hydroxyl groups is 1. The molecule has 0 amide bonds. The number of nitrogens with zero attached hydrogens (tertiary/aromatic N) is 2. The van der Waals surface area contributed by atoms with Gasteiger partial charge < -0.3 is 15.3 Å². The van der Waals surface area contributed by atoms with Crippen molar-refractivity contribution in [3.8, 4) is 0 Å². The van der Waals surface area contributed by atoms with Crippen molar-refractivity contribution in [3.05, 3.63) is 83.0 Å². The standard InChI is InChI=1S/C26H27F4N3O3S2/c1-25(34,26(28,29)30)18-6-12-21(13-7-18)33-15-14-32(38(35,36)24-5-3-2-4-23(24)37)17-22(33)16-31-20-10-8-19(27)9-11-20/h2-3,5-13,22,31,34H,4,14-17H2,1H3/t22-,25?/m0/s1. The third-order valence-corrected chi connectivity index (χ3v) is 9.19. The first-order valence-corrected chi connectivity index (χ1v) is 13.7. The van der Waals surface area contributed by atoms with Gasteiger partial charge in [-0.2, -0.15) is 17.5 Å². The van der Waals surface area contributed by atoms with Crippen molar-refractivity contribution in [2.45, 2.75) is 31.2 Å². The average molecular weight is 570 g/mol. The number of piperazine rings is 1. The molecule has 2 N–H and O–H groups in total. The number of anilines is 2. The lowest BCUT2D eigenvalue weighted by Gasteiger charge is -2.42. The lowest BCUT2D eigenvalue weighted by molar-refractivity contribution is -0.258. The number of benzene rings is 2. The van der Waals surface area contributed by atoms with Crippen LogP contribution in [0, 0.1) is 5.82 Å². The van der Waals surface area contributed by atoms with Crippen molar-refractivity contribution in [3.63, 3.8) is 0 Å². The molecule has 2 aromatic carbocycles. The SMILES string of the molecule is CC(O)(c1ccc(N2CCN(S(=O)(=O)C3=CC=CCC3=S)C[C@@H]2CNc2ccc(F)cc2)cc1)C(F)(F)F. The molecule has 0 saturated carbocycles. The van der Waals surface area contributed by atoms with Crippen LogP contribution in [-0.4, -0.2) is 61.1 Å². The first kappa shape index (κ1) is 28.2. The molecule has 1 saturated heterocycles. The predicted octanol–water partition coefficient (Wildman–Crippen LogP) is 4.74. The van der Waals surface area contributed by atoms with Crippen molar-refractivity contribution in [1.82, 2.24) is 4.31 Å². The zero-order chi connectivity index (χ0) is 27.7. The minimum atomic E-state index is -4.85. The number of alkyl halides is 3. The van der Waals surface area contributed by atoms with Gasteiger partial charge in [0.05, 0.1) is 10.9 Å². The fraction of sp³-hybridized carbons (Fsp3) is 0.346. The van der Waals surface area contributed by atoms with E-state index in [9.17, 15) is 31.1 Å². The molecule has 2 atom stereocenters. The van der Waals surface area contributed by atoms with Crippen LogP contribution in [-0.2, 0) is 15.6 Å². The Morgan fingerprint density at radius 3 is 2.34 bits per heavy atom. The van der Waals surface area contributed by atoms with Gasteiger partial charge in [0.25, 0.3) is 0 Å². The molecule has 1 fully saturated rings. The summed E-state index contributed by atoms with van der Waals surface area (Å²) >= 11 is 5.29. The summed E-state index contributed by atoms with van der Waals surface area (Å²) in [6, 6.07) is 10.7. The van der Waals surface area contributed by atoms with E-state index in [-0.39, 0.29) is 36.6 Å². The second-order valence-electron chi connectivity index (χ2n) is 9.30. The van der Waals surface area contributed by atoms with Crippen LogP contribution in [0.1, 0.15) is 18.9 Å². The number of halogens is 4. The van der Waals surface area contributed by atoms with Crippen molar-refractivity contribution in [2.24, 2.45) is 0 Å². The molecule has 4 rings (SSSR count). The first-order valence-electron chi connectivity index (χ1n) is 11.9. The van der Waals surface area contributed by atoms with Gasteiger partial charge in [-0.15, -0.1) is 0 Å². The Morgan fingerprint density at radius 1 is 1.08 bits per heavy atom. The zero-order valence-electron chi connectivity index (χ0n) is 20.5. The Kier molecular flexibility index (Phi) is 7.99. The highest BCUT2D eigenvalue weighted by Gasteiger charge is 2.51. The zero-order valence-corrected chi connectivity index (χ0v) is 22.1. The number of hydrogen-bond donors (Lipinski definition) is 2. The molecule has 0 radical (unpaired) electrons. The second kappa shape index (κ2) is 10.8. The lowest BCUT2D eigenvalue weighted by Crippen LogP contribution is -2.57. The van der Waals surface area contributed by atoms with E-state index in [0.717, 1.165) is 0 Å². The van der Waals surface area contributed by atoms with Crippen LogP contribution < -0.4 is 10.2 Å². The summed E-state index contributed by atoms with van der Waals surface area (Å²) in [6.45, 7) is 1.45. The number of rotatable bonds is 7. The van der Waals surface area contributed by atoms with Crippen LogP contribution in [0.3, 0.4) is 0 Å². The maximum Gasteiger partial charge on any atom is 0.421 e. The molecule has 12 heteroatoms. The Hall–Kier alpha value is -2.80. The van der Waals surface area contributed by atoms with Crippen molar-refractivity contribution in [2.75, 3.05) is 36.4 Å². The van der Waals surface area contributed by atoms with E-state index in [4.69, 9.17) is 12.2 Å². The molecule has 1 aliphatic heterocycles. The summed E-state index contributed by atoms with van der Waals surface area (Å²) in [5.41, 5.74) is -2.11. The van der Waals surface area contributed by atoms with Crippen molar-refractivity contribution in [1.29, 1.82) is 0 Å². The predicted molar refractivity (Wildman–Crippen MR) is 143 cm³/mol. The smallest absolute Gasteiger partial charge is 0.383 e. The van der Waals surface area contributed by atoms with E-state index < -0.39 is 33.7 Å². The second-order valence-corrected chi connectivity index (χ2v) is 11.7. The van der Waals surface area contributed by atoms with Gasteiger partial charge in [0.2, 0.25) is 10.0 Å². The summed E-state index contributed by atoms with van der Waals surface area (Å²) in [6.07, 6.45) is 0.451. The normalized spacial score (nSPS) is 20.7. The number of hydrogen-bond acceptors (Lipinski definition) is 6. The summed E-state index contributed by atoms with van der Waals surface area (Å²) in [4.78, 5) is 2.33. The maximum atomic E-state index is 13.4. The largest absolute Gasteiger partial charge is 0.421 e. The number of thiocarbonyl (C=S) groups is 1. The number of sulfonamides is 1.